The summed E-state index contributed by atoms with van der Waals surface area (Å²) in [6.45, 7) is 6.19. The van der Waals surface area contributed by atoms with E-state index >= 15 is 0 Å². The Labute approximate surface area is 119 Å². The van der Waals surface area contributed by atoms with E-state index in [0.717, 1.165) is 16.0 Å². The Bertz CT molecular complexity index is 557. The summed E-state index contributed by atoms with van der Waals surface area (Å²) in [6.07, 6.45) is 0.262. The highest BCUT2D eigenvalue weighted by Gasteiger charge is 2.29. The molecule has 1 unspecified atom stereocenters. The average molecular weight is 275 g/mol. The molecule has 0 saturated heterocycles. The lowest BCUT2D eigenvalue weighted by Gasteiger charge is -2.26. The van der Waals surface area contributed by atoms with E-state index in [0.29, 0.717) is 12.0 Å². The number of hydrogen-bond acceptors (Lipinski definition) is 3. The van der Waals surface area contributed by atoms with Gasteiger partial charge in [0.05, 0.1) is 12.5 Å². The van der Waals surface area contributed by atoms with Crippen molar-refractivity contribution >= 4 is 11.8 Å². The minimum Gasteiger partial charge on any atom is -0.388 e. The van der Waals surface area contributed by atoms with Crippen LogP contribution in [0.5, 0.6) is 0 Å². The quantitative estimate of drug-likeness (QED) is 0.843. The van der Waals surface area contributed by atoms with Crippen molar-refractivity contribution < 1.29 is 14.7 Å². The molecule has 0 fully saturated rings. The SMILES string of the molecule is CN1C(=O)Cc2ccc(C(O)CC(C)(C)C)cc2C1=O. The van der Waals surface area contributed by atoms with Crippen molar-refractivity contribution in [2.75, 3.05) is 7.05 Å². The number of carbonyl (C=O) groups excluding carboxylic acids is 2. The first-order valence-electron chi connectivity index (χ1n) is 6.81. The molecule has 1 aliphatic rings. The van der Waals surface area contributed by atoms with Gasteiger partial charge >= 0.3 is 0 Å². The van der Waals surface area contributed by atoms with Gasteiger partial charge in [-0.25, -0.2) is 0 Å². The zero-order valence-corrected chi connectivity index (χ0v) is 12.4. The predicted molar refractivity (Wildman–Crippen MR) is 76.3 cm³/mol. The summed E-state index contributed by atoms with van der Waals surface area (Å²) in [6, 6.07) is 5.30. The molecule has 0 bridgehead atoms. The number of amides is 2. The molecule has 0 saturated carbocycles. The fourth-order valence-electron chi connectivity index (χ4n) is 2.43. The Morgan fingerprint density at radius 3 is 2.55 bits per heavy atom. The summed E-state index contributed by atoms with van der Waals surface area (Å²) in [7, 11) is 1.49. The number of hydrogen-bond donors (Lipinski definition) is 1. The molecule has 1 aliphatic heterocycles. The van der Waals surface area contributed by atoms with Crippen molar-refractivity contribution in [3.63, 3.8) is 0 Å². The van der Waals surface area contributed by atoms with Crippen LogP contribution in [0.4, 0.5) is 0 Å². The third-order valence-electron chi connectivity index (χ3n) is 3.58. The molecule has 20 heavy (non-hydrogen) atoms. The Morgan fingerprint density at radius 2 is 1.95 bits per heavy atom. The van der Waals surface area contributed by atoms with Crippen LogP contribution in [0.15, 0.2) is 18.2 Å². The third-order valence-corrected chi connectivity index (χ3v) is 3.58. The first-order valence-corrected chi connectivity index (χ1v) is 6.81. The van der Waals surface area contributed by atoms with Crippen molar-refractivity contribution in [3.8, 4) is 0 Å². The van der Waals surface area contributed by atoms with Gasteiger partial charge in [-0.3, -0.25) is 14.5 Å². The monoisotopic (exact) mass is 275 g/mol. The van der Waals surface area contributed by atoms with E-state index in [-0.39, 0.29) is 23.7 Å². The summed E-state index contributed by atoms with van der Waals surface area (Å²) in [5.41, 5.74) is 2.00. The van der Waals surface area contributed by atoms with Crippen LogP contribution in [0.2, 0.25) is 0 Å². The summed E-state index contributed by atoms with van der Waals surface area (Å²) in [5.74, 6) is -0.480. The van der Waals surface area contributed by atoms with Gasteiger partial charge in [0, 0.05) is 12.6 Å². The number of carbonyl (C=O) groups is 2. The summed E-state index contributed by atoms with van der Waals surface area (Å²) in [5, 5.41) is 10.3. The van der Waals surface area contributed by atoms with Gasteiger partial charge in [0.1, 0.15) is 0 Å². The van der Waals surface area contributed by atoms with E-state index in [1.54, 1.807) is 18.2 Å². The van der Waals surface area contributed by atoms with Crippen LogP contribution in [-0.4, -0.2) is 28.9 Å². The van der Waals surface area contributed by atoms with Crippen LogP contribution >= 0.6 is 0 Å². The minimum atomic E-state index is -0.601. The van der Waals surface area contributed by atoms with Crippen molar-refractivity contribution in [2.45, 2.75) is 39.7 Å². The number of rotatable bonds is 2. The standard InChI is InChI=1S/C16H21NO3/c1-16(2,3)9-13(18)11-6-5-10-8-14(19)17(4)15(20)12(10)7-11/h5-7,13,18H,8-9H2,1-4H3. The fourth-order valence-corrected chi connectivity index (χ4v) is 2.43. The highest BCUT2D eigenvalue weighted by molar-refractivity contribution is 6.09. The predicted octanol–water partition coefficient (Wildman–Crippen LogP) is 2.31. The van der Waals surface area contributed by atoms with Gasteiger partial charge in [0.25, 0.3) is 5.91 Å². The summed E-state index contributed by atoms with van der Waals surface area (Å²) in [4.78, 5) is 24.9. The van der Waals surface area contributed by atoms with E-state index < -0.39 is 6.10 Å². The van der Waals surface area contributed by atoms with Gasteiger partial charge in [-0.05, 0) is 29.0 Å². The lowest BCUT2D eigenvalue weighted by Crippen LogP contribution is -2.39. The van der Waals surface area contributed by atoms with E-state index in [1.807, 2.05) is 0 Å². The smallest absolute Gasteiger partial charge is 0.260 e. The maximum Gasteiger partial charge on any atom is 0.260 e. The topological polar surface area (TPSA) is 57.6 Å². The van der Waals surface area contributed by atoms with Crippen LogP contribution in [-0.2, 0) is 11.2 Å². The first-order chi connectivity index (χ1) is 9.19. The maximum absolute atomic E-state index is 12.1. The molecule has 2 rings (SSSR count). The average Bonchev–Trinajstić information content (AvgIpc) is 2.34. The second kappa shape index (κ2) is 5.02. The van der Waals surface area contributed by atoms with E-state index in [1.165, 1.54) is 7.05 Å². The zero-order chi connectivity index (χ0) is 15.1. The van der Waals surface area contributed by atoms with E-state index in [2.05, 4.69) is 20.8 Å². The molecule has 1 N–H and O–H groups in total. The van der Waals surface area contributed by atoms with Crippen molar-refractivity contribution in [2.24, 2.45) is 5.41 Å². The van der Waals surface area contributed by atoms with Crippen LogP contribution in [0.25, 0.3) is 0 Å². The van der Waals surface area contributed by atoms with E-state index in [4.69, 9.17) is 0 Å². The number of aliphatic hydroxyl groups is 1. The van der Waals surface area contributed by atoms with Crippen molar-refractivity contribution in [3.05, 3.63) is 34.9 Å². The summed E-state index contributed by atoms with van der Waals surface area (Å²) < 4.78 is 0. The molecule has 0 aromatic heterocycles. The number of likely N-dealkylation sites (N-methyl/N-ethyl adjacent to an activating group) is 1. The minimum absolute atomic E-state index is 0.00604. The zero-order valence-electron chi connectivity index (χ0n) is 12.4. The molecular weight excluding hydrogens is 254 g/mol. The van der Waals surface area contributed by atoms with E-state index in [9.17, 15) is 14.7 Å². The van der Waals surface area contributed by atoms with Crippen LogP contribution in [0.1, 0.15) is 54.8 Å². The molecule has 4 heteroatoms. The molecule has 1 heterocycles. The number of nitrogens with zero attached hydrogens (tertiary/aromatic N) is 1. The first kappa shape index (κ1) is 14.7. The second-order valence-electron chi connectivity index (χ2n) is 6.63. The molecule has 0 aliphatic carbocycles. The van der Waals surface area contributed by atoms with Crippen LogP contribution < -0.4 is 0 Å². The van der Waals surface area contributed by atoms with Gasteiger partial charge in [0.2, 0.25) is 5.91 Å². The maximum atomic E-state index is 12.1. The number of aliphatic hydroxyl groups excluding tert-OH is 1. The molecule has 0 radical (unpaired) electrons. The molecular formula is C16H21NO3. The highest BCUT2D eigenvalue weighted by atomic mass is 16.3. The largest absolute Gasteiger partial charge is 0.388 e. The van der Waals surface area contributed by atoms with Crippen LogP contribution in [0, 0.1) is 5.41 Å². The second-order valence-corrected chi connectivity index (χ2v) is 6.63. The van der Waals surface area contributed by atoms with Crippen LogP contribution in [0.3, 0.4) is 0 Å². The molecule has 108 valence electrons. The highest BCUT2D eigenvalue weighted by Crippen LogP contribution is 2.31. The van der Waals surface area contributed by atoms with Crippen molar-refractivity contribution in [1.82, 2.24) is 4.90 Å². The number of fused-ring (bicyclic) bond motifs is 1. The van der Waals surface area contributed by atoms with Gasteiger partial charge in [-0.2, -0.15) is 0 Å². The lowest BCUT2D eigenvalue weighted by atomic mass is 9.85. The van der Waals surface area contributed by atoms with Crippen molar-refractivity contribution in [1.29, 1.82) is 0 Å². The van der Waals surface area contributed by atoms with Gasteiger partial charge < -0.3 is 5.11 Å². The summed E-state index contributed by atoms with van der Waals surface area (Å²) >= 11 is 0. The molecule has 4 nitrogen and oxygen atoms in total. The Hall–Kier alpha value is -1.68. The molecule has 0 spiro atoms. The Kier molecular flexibility index (Phi) is 3.69. The fraction of sp³-hybridized carbons (Fsp3) is 0.500. The normalized spacial score (nSPS) is 17.1. The lowest BCUT2D eigenvalue weighted by molar-refractivity contribution is -0.127. The van der Waals surface area contributed by atoms with Gasteiger partial charge in [0.15, 0.2) is 0 Å². The molecule has 1 atom stereocenters. The number of benzene rings is 1. The molecule has 1 aromatic rings. The Morgan fingerprint density at radius 1 is 1.30 bits per heavy atom. The molecule has 2 amide bonds. The number of imide groups is 1. The third kappa shape index (κ3) is 2.90. The molecule has 1 aromatic carbocycles. The Balaban J connectivity index is 2.33. The van der Waals surface area contributed by atoms with Gasteiger partial charge in [-0.15, -0.1) is 0 Å². The van der Waals surface area contributed by atoms with Gasteiger partial charge in [-0.1, -0.05) is 32.9 Å².